The van der Waals surface area contributed by atoms with Crippen LogP contribution in [0.4, 0.5) is 16.3 Å². The normalized spacial score (nSPS) is 14.8. The van der Waals surface area contributed by atoms with Crippen LogP contribution in [0.3, 0.4) is 0 Å². The van der Waals surface area contributed by atoms with E-state index in [4.69, 9.17) is 11.6 Å². The van der Waals surface area contributed by atoms with Gasteiger partial charge in [0, 0.05) is 21.8 Å². The molecular formula is C24H17ClFN5O. The van der Waals surface area contributed by atoms with Gasteiger partial charge in [0.15, 0.2) is 0 Å². The summed E-state index contributed by atoms with van der Waals surface area (Å²) in [7, 11) is 0. The van der Waals surface area contributed by atoms with Crippen molar-refractivity contribution >= 4 is 35.1 Å². The molecule has 0 unspecified atom stereocenters. The minimum absolute atomic E-state index is 0.0986. The van der Waals surface area contributed by atoms with Crippen molar-refractivity contribution < 1.29 is 9.18 Å². The summed E-state index contributed by atoms with van der Waals surface area (Å²) in [4.78, 5) is 17.0. The van der Waals surface area contributed by atoms with Gasteiger partial charge in [-0.1, -0.05) is 66.2 Å². The van der Waals surface area contributed by atoms with E-state index >= 15 is 0 Å². The SMILES string of the molecule is O=C(Nc1nc2n(n1)[C@H](c1c(F)cccc1Cl)C=C(c1ccccc1)N2)c1ccccc1. The van der Waals surface area contributed by atoms with Crippen LogP contribution in [0, 0.1) is 5.82 Å². The third-order valence-electron chi connectivity index (χ3n) is 5.11. The van der Waals surface area contributed by atoms with E-state index in [1.807, 2.05) is 42.5 Å². The fraction of sp³-hybridized carbons (Fsp3) is 0.0417. The van der Waals surface area contributed by atoms with Crippen LogP contribution in [0.1, 0.15) is 27.5 Å². The molecule has 0 aliphatic carbocycles. The number of carbonyl (C=O) groups is 1. The highest BCUT2D eigenvalue weighted by molar-refractivity contribution is 6.31. The van der Waals surface area contributed by atoms with Crippen LogP contribution < -0.4 is 10.6 Å². The number of nitrogens with zero attached hydrogens (tertiary/aromatic N) is 3. The van der Waals surface area contributed by atoms with Crippen molar-refractivity contribution in [2.24, 2.45) is 0 Å². The number of carbonyl (C=O) groups excluding carboxylic acids is 1. The Balaban J connectivity index is 1.56. The Labute approximate surface area is 188 Å². The smallest absolute Gasteiger partial charge is 0.258 e. The standard InChI is InChI=1S/C24H17ClFN5O/c25-17-12-7-13-18(26)21(17)20-14-19(15-8-3-1-4-9-15)27-24-29-23(30-31(20)24)28-22(32)16-10-5-2-6-11-16/h1-14,20H,(H2,27,28,29,30,32)/t20-/m0/s1. The number of nitrogens with one attached hydrogen (secondary N) is 2. The molecule has 4 aromatic rings. The van der Waals surface area contributed by atoms with Crippen molar-refractivity contribution in [1.29, 1.82) is 0 Å². The number of hydrogen-bond acceptors (Lipinski definition) is 4. The van der Waals surface area contributed by atoms with Gasteiger partial charge in [0.25, 0.3) is 11.9 Å². The molecule has 32 heavy (non-hydrogen) atoms. The van der Waals surface area contributed by atoms with Gasteiger partial charge in [-0.15, -0.1) is 5.10 Å². The van der Waals surface area contributed by atoms with E-state index in [0.29, 0.717) is 11.5 Å². The highest BCUT2D eigenvalue weighted by atomic mass is 35.5. The Bertz CT molecular complexity index is 1300. The van der Waals surface area contributed by atoms with Crippen LogP contribution in [-0.2, 0) is 0 Å². The largest absolute Gasteiger partial charge is 0.324 e. The highest BCUT2D eigenvalue weighted by Crippen LogP contribution is 2.37. The van der Waals surface area contributed by atoms with Crippen molar-refractivity contribution in [1.82, 2.24) is 14.8 Å². The average molecular weight is 446 g/mol. The van der Waals surface area contributed by atoms with E-state index in [-0.39, 0.29) is 22.4 Å². The average Bonchev–Trinajstić information content (AvgIpc) is 3.22. The molecule has 1 atom stereocenters. The Morgan fingerprint density at radius 2 is 1.72 bits per heavy atom. The summed E-state index contributed by atoms with van der Waals surface area (Å²) in [6.45, 7) is 0. The van der Waals surface area contributed by atoms with Gasteiger partial charge in [-0.2, -0.15) is 4.98 Å². The summed E-state index contributed by atoms with van der Waals surface area (Å²) in [5.74, 6) is -0.338. The predicted molar refractivity (Wildman–Crippen MR) is 122 cm³/mol. The quantitative estimate of drug-likeness (QED) is 0.442. The molecule has 1 amide bonds. The Hall–Kier alpha value is -3.97. The van der Waals surface area contributed by atoms with Gasteiger partial charge in [-0.25, -0.2) is 9.07 Å². The summed E-state index contributed by atoms with van der Waals surface area (Å²) in [6, 6.07) is 22.2. The number of amides is 1. The zero-order chi connectivity index (χ0) is 22.1. The van der Waals surface area contributed by atoms with Crippen molar-refractivity contribution in [2.45, 2.75) is 6.04 Å². The van der Waals surface area contributed by atoms with Crippen LogP contribution >= 0.6 is 11.6 Å². The second-order valence-electron chi connectivity index (χ2n) is 7.18. The molecule has 3 aromatic carbocycles. The van der Waals surface area contributed by atoms with Crippen molar-refractivity contribution in [3.8, 4) is 0 Å². The second kappa shape index (κ2) is 8.28. The predicted octanol–water partition coefficient (Wildman–Crippen LogP) is 5.38. The lowest BCUT2D eigenvalue weighted by Crippen LogP contribution is -2.21. The lowest BCUT2D eigenvalue weighted by Gasteiger charge is -2.25. The van der Waals surface area contributed by atoms with E-state index in [9.17, 15) is 9.18 Å². The summed E-state index contributed by atoms with van der Waals surface area (Å²) in [5.41, 5.74) is 2.38. The minimum Gasteiger partial charge on any atom is -0.324 e. The molecule has 1 aliphatic heterocycles. The molecule has 0 saturated carbocycles. The van der Waals surface area contributed by atoms with E-state index in [0.717, 1.165) is 11.3 Å². The van der Waals surface area contributed by atoms with Crippen LogP contribution in [0.25, 0.3) is 5.70 Å². The first-order valence-corrected chi connectivity index (χ1v) is 10.3. The molecule has 2 N–H and O–H groups in total. The van der Waals surface area contributed by atoms with Crippen LogP contribution in [-0.4, -0.2) is 20.7 Å². The molecule has 8 heteroatoms. The number of halogens is 2. The van der Waals surface area contributed by atoms with Gasteiger partial charge in [-0.05, 0) is 35.9 Å². The summed E-state index contributed by atoms with van der Waals surface area (Å²) < 4.78 is 16.3. The second-order valence-corrected chi connectivity index (χ2v) is 7.58. The number of fused-ring (bicyclic) bond motifs is 1. The lowest BCUT2D eigenvalue weighted by atomic mass is 10.0. The number of allylic oxidation sites excluding steroid dienone is 1. The fourth-order valence-electron chi connectivity index (χ4n) is 3.59. The third-order valence-corrected chi connectivity index (χ3v) is 5.44. The van der Waals surface area contributed by atoms with Crippen LogP contribution in [0.15, 0.2) is 84.9 Å². The van der Waals surface area contributed by atoms with Crippen molar-refractivity contribution in [3.05, 3.63) is 112 Å². The van der Waals surface area contributed by atoms with Crippen molar-refractivity contribution in [3.63, 3.8) is 0 Å². The van der Waals surface area contributed by atoms with Crippen molar-refractivity contribution in [2.75, 3.05) is 10.6 Å². The van der Waals surface area contributed by atoms with E-state index < -0.39 is 11.9 Å². The number of benzene rings is 3. The molecule has 1 aromatic heterocycles. The van der Waals surface area contributed by atoms with E-state index in [2.05, 4.69) is 20.7 Å². The molecule has 0 spiro atoms. The van der Waals surface area contributed by atoms with E-state index in [1.54, 1.807) is 36.4 Å². The first-order chi connectivity index (χ1) is 15.6. The molecule has 158 valence electrons. The van der Waals surface area contributed by atoms with E-state index in [1.165, 1.54) is 10.7 Å². The zero-order valence-corrected chi connectivity index (χ0v) is 17.4. The summed E-state index contributed by atoms with van der Waals surface area (Å²) in [6.07, 6.45) is 1.84. The Morgan fingerprint density at radius 1 is 1.00 bits per heavy atom. The summed E-state index contributed by atoms with van der Waals surface area (Å²) in [5, 5.41) is 10.6. The van der Waals surface area contributed by atoms with Gasteiger partial charge < -0.3 is 5.32 Å². The number of rotatable bonds is 4. The summed E-state index contributed by atoms with van der Waals surface area (Å²) >= 11 is 6.37. The monoisotopic (exact) mass is 445 g/mol. The fourth-order valence-corrected chi connectivity index (χ4v) is 3.87. The Morgan fingerprint density at radius 3 is 2.44 bits per heavy atom. The highest BCUT2D eigenvalue weighted by Gasteiger charge is 2.29. The first-order valence-electron chi connectivity index (χ1n) is 9.91. The van der Waals surface area contributed by atoms with Gasteiger partial charge >= 0.3 is 0 Å². The molecule has 0 radical (unpaired) electrons. The number of anilines is 2. The van der Waals surface area contributed by atoms with Gasteiger partial charge in [0.2, 0.25) is 5.95 Å². The topological polar surface area (TPSA) is 71.8 Å². The number of aromatic nitrogens is 3. The molecule has 0 saturated heterocycles. The molecule has 2 heterocycles. The number of hydrogen-bond donors (Lipinski definition) is 2. The molecule has 6 nitrogen and oxygen atoms in total. The Kier molecular flexibility index (Phi) is 5.17. The molecular weight excluding hydrogens is 429 g/mol. The zero-order valence-electron chi connectivity index (χ0n) is 16.7. The van der Waals surface area contributed by atoms with Gasteiger partial charge in [-0.3, -0.25) is 10.1 Å². The maximum atomic E-state index is 14.8. The maximum absolute atomic E-state index is 14.8. The van der Waals surface area contributed by atoms with Crippen LogP contribution in [0.5, 0.6) is 0 Å². The third kappa shape index (κ3) is 3.74. The molecule has 0 fully saturated rings. The first kappa shape index (κ1) is 20.0. The van der Waals surface area contributed by atoms with Crippen LogP contribution in [0.2, 0.25) is 5.02 Å². The van der Waals surface area contributed by atoms with Gasteiger partial charge in [0.1, 0.15) is 11.9 Å². The maximum Gasteiger partial charge on any atom is 0.258 e. The molecule has 0 bridgehead atoms. The lowest BCUT2D eigenvalue weighted by molar-refractivity contribution is 0.102. The van der Waals surface area contributed by atoms with Gasteiger partial charge in [0.05, 0.1) is 0 Å². The molecule has 5 rings (SSSR count). The minimum atomic E-state index is -0.662. The molecule has 1 aliphatic rings.